The Kier molecular flexibility index (Phi) is 7.43. The molecule has 0 saturated heterocycles. The zero-order valence-electron chi connectivity index (χ0n) is 18.2. The number of rotatable bonds is 9. The molecule has 14 heteroatoms. The molecule has 0 fully saturated rings. The van der Waals surface area contributed by atoms with Gasteiger partial charge in [-0.2, -0.15) is 0 Å². The van der Waals surface area contributed by atoms with Crippen LogP contribution in [0.2, 0.25) is 5.15 Å². The van der Waals surface area contributed by atoms with Gasteiger partial charge in [0.15, 0.2) is 33.5 Å². The van der Waals surface area contributed by atoms with E-state index in [1.54, 1.807) is 13.2 Å². The van der Waals surface area contributed by atoms with Crippen LogP contribution >= 0.6 is 19.2 Å². The van der Waals surface area contributed by atoms with Crippen molar-refractivity contribution < 1.29 is 28.5 Å². The Bertz CT molecular complexity index is 1240. The van der Waals surface area contributed by atoms with Crippen molar-refractivity contribution in [3.63, 3.8) is 0 Å². The average Bonchev–Trinajstić information content (AvgIpc) is 3.05. The summed E-state index contributed by atoms with van der Waals surface area (Å²) in [5.41, 5.74) is 12.9. The van der Waals surface area contributed by atoms with E-state index in [0.29, 0.717) is 24.7 Å². The second-order valence-electron chi connectivity index (χ2n) is 7.22. The topological polar surface area (TPSA) is 182 Å². The highest BCUT2D eigenvalue weighted by Crippen LogP contribution is 2.34. The molecule has 0 saturated carbocycles. The highest BCUT2D eigenvalue weighted by Gasteiger charge is 2.26. The molecule has 2 heterocycles. The van der Waals surface area contributed by atoms with Gasteiger partial charge in [0, 0.05) is 6.07 Å². The molecule has 0 aliphatic carbocycles. The summed E-state index contributed by atoms with van der Waals surface area (Å²) in [5.74, 6) is 0.563. The second kappa shape index (κ2) is 9.92. The lowest BCUT2D eigenvalue weighted by atomic mass is 10.3. The minimum absolute atomic E-state index is 0.0753. The average molecular weight is 499 g/mol. The number of methoxy groups -OCH3 is 1. The minimum atomic E-state index is -4.14. The molecule has 178 valence electrons. The van der Waals surface area contributed by atoms with Crippen LogP contribution in [0.3, 0.4) is 0 Å². The number of nitrogen functional groups attached to an aromatic ring is 2. The molecule has 1 amide bonds. The number of nitrogens with two attached hydrogens (primary N) is 2. The Balaban J connectivity index is 1.97. The SMILES string of the molecule is CCn1c(CNC(=O)c2nc(Cl)c(N)nc2N)[n+](CCCP(=O)(O)O)c2ccc(OC)cc21. The number of anilines is 2. The molecule has 33 heavy (non-hydrogen) atoms. The maximum absolute atomic E-state index is 12.7. The van der Waals surface area contributed by atoms with E-state index < -0.39 is 13.5 Å². The zero-order valence-corrected chi connectivity index (χ0v) is 19.8. The first-order valence-electron chi connectivity index (χ1n) is 10.1. The van der Waals surface area contributed by atoms with Gasteiger partial charge in [-0.25, -0.2) is 19.1 Å². The number of fused-ring (bicyclic) bond motifs is 1. The maximum atomic E-state index is 12.7. The lowest BCUT2D eigenvalue weighted by molar-refractivity contribution is -0.680. The molecule has 0 bridgehead atoms. The van der Waals surface area contributed by atoms with Crippen LogP contribution in [-0.4, -0.2) is 43.5 Å². The van der Waals surface area contributed by atoms with E-state index in [0.717, 1.165) is 11.0 Å². The van der Waals surface area contributed by atoms with Gasteiger partial charge in [-0.05, 0) is 25.5 Å². The highest BCUT2D eigenvalue weighted by molar-refractivity contribution is 7.51. The van der Waals surface area contributed by atoms with Crippen molar-refractivity contribution in [2.24, 2.45) is 0 Å². The van der Waals surface area contributed by atoms with Gasteiger partial charge in [0.05, 0.1) is 26.4 Å². The third-order valence-corrected chi connectivity index (χ3v) is 6.24. The Labute approximate surface area is 194 Å². The molecule has 0 unspecified atom stereocenters. The van der Waals surface area contributed by atoms with Crippen LogP contribution in [0.1, 0.15) is 29.7 Å². The molecule has 12 nitrogen and oxygen atoms in total. The number of amides is 1. The van der Waals surface area contributed by atoms with Crippen LogP contribution in [0.25, 0.3) is 11.0 Å². The molecule has 1 aromatic carbocycles. The summed E-state index contributed by atoms with van der Waals surface area (Å²) < 4.78 is 20.6. The lowest BCUT2D eigenvalue weighted by Crippen LogP contribution is -2.41. The first-order valence-corrected chi connectivity index (χ1v) is 12.2. The number of benzene rings is 1. The summed E-state index contributed by atoms with van der Waals surface area (Å²) in [6.07, 6.45) is -0.00640. The van der Waals surface area contributed by atoms with Gasteiger partial charge in [0.1, 0.15) is 12.3 Å². The molecule has 3 rings (SSSR count). The molecule has 7 N–H and O–H groups in total. The molecule has 0 spiro atoms. The summed E-state index contributed by atoms with van der Waals surface area (Å²) in [6.45, 7) is 2.95. The summed E-state index contributed by atoms with van der Waals surface area (Å²) in [6, 6.07) is 5.54. The first kappa shape index (κ1) is 24.7. The van der Waals surface area contributed by atoms with Gasteiger partial charge >= 0.3 is 7.60 Å². The predicted octanol–water partition coefficient (Wildman–Crippen LogP) is 1.06. The van der Waals surface area contributed by atoms with E-state index in [-0.39, 0.29) is 41.6 Å². The monoisotopic (exact) mass is 498 g/mol. The number of halogens is 1. The van der Waals surface area contributed by atoms with Gasteiger partial charge in [-0.3, -0.25) is 9.36 Å². The number of hydrogen-bond donors (Lipinski definition) is 5. The summed E-state index contributed by atoms with van der Waals surface area (Å²) >= 11 is 5.88. The highest BCUT2D eigenvalue weighted by atomic mass is 35.5. The summed E-state index contributed by atoms with van der Waals surface area (Å²) in [7, 11) is -2.57. The number of carbonyl (C=O) groups excluding carboxylic acids is 1. The lowest BCUT2D eigenvalue weighted by Gasteiger charge is -2.09. The van der Waals surface area contributed by atoms with E-state index in [9.17, 15) is 19.1 Å². The van der Waals surface area contributed by atoms with Gasteiger partial charge < -0.3 is 31.3 Å². The molecule has 3 aromatic rings. The van der Waals surface area contributed by atoms with Crippen molar-refractivity contribution in [2.75, 3.05) is 24.7 Å². The molecule has 0 aliphatic rings. The van der Waals surface area contributed by atoms with Crippen molar-refractivity contribution >= 4 is 47.8 Å². The molecular weight excluding hydrogens is 473 g/mol. The second-order valence-corrected chi connectivity index (χ2v) is 9.36. The van der Waals surface area contributed by atoms with Crippen LogP contribution in [0.4, 0.5) is 11.6 Å². The Morgan fingerprint density at radius 2 is 2.03 bits per heavy atom. The third kappa shape index (κ3) is 5.53. The van der Waals surface area contributed by atoms with Crippen molar-refractivity contribution in [3.05, 3.63) is 34.9 Å². The number of ether oxygens (including phenoxy) is 1. The number of imidazole rings is 1. The van der Waals surface area contributed by atoms with E-state index in [1.807, 2.05) is 28.2 Å². The van der Waals surface area contributed by atoms with Gasteiger partial charge in [0.25, 0.3) is 11.7 Å². The van der Waals surface area contributed by atoms with Crippen LogP contribution in [0.5, 0.6) is 5.75 Å². The van der Waals surface area contributed by atoms with Gasteiger partial charge in [-0.15, -0.1) is 0 Å². The van der Waals surface area contributed by atoms with Crippen molar-refractivity contribution in [1.29, 1.82) is 0 Å². The number of nitrogens with one attached hydrogen (secondary N) is 1. The van der Waals surface area contributed by atoms with Crippen LogP contribution in [0.15, 0.2) is 18.2 Å². The normalized spacial score (nSPS) is 11.7. The van der Waals surface area contributed by atoms with Crippen LogP contribution in [0, 0.1) is 0 Å². The smallest absolute Gasteiger partial charge is 0.325 e. The Morgan fingerprint density at radius 3 is 2.67 bits per heavy atom. The molecule has 2 aromatic heterocycles. The van der Waals surface area contributed by atoms with E-state index >= 15 is 0 Å². The largest absolute Gasteiger partial charge is 0.497 e. The van der Waals surface area contributed by atoms with Crippen LogP contribution < -0.4 is 26.1 Å². The van der Waals surface area contributed by atoms with Crippen molar-refractivity contribution in [2.45, 2.75) is 33.0 Å². The van der Waals surface area contributed by atoms with E-state index in [4.69, 9.17) is 27.8 Å². The third-order valence-electron chi connectivity index (χ3n) is 5.06. The number of aromatic nitrogens is 4. The molecular formula is C19H26ClN7O5P+. The van der Waals surface area contributed by atoms with E-state index in [2.05, 4.69) is 15.3 Å². The zero-order chi connectivity index (χ0) is 24.3. The van der Waals surface area contributed by atoms with Crippen LogP contribution in [-0.2, 0) is 24.2 Å². The van der Waals surface area contributed by atoms with Gasteiger partial charge in [-0.1, -0.05) is 11.6 Å². The molecule has 0 aliphatic heterocycles. The van der Waals surface area contributed by atoms with Crippen molar-refractivity contribution in [3.8, 4) is 5.75 Å². The quantitative estimate of drug-likeness (QED) is 0.213. The first-order chi connectivity index (χ1) is 15.6. The fourth-order valence-corrected chi connectivity index (χ4v) is 4.26. The van der Waals surface area contributed by atoms with E-state index in [1.165, 1.54) is 0 Å². The van der Waals surface area contributed by atoms with Crippen molar-refractivity contribution in [1.82, 2.24) is 19.9 Å². The fraction of sp³-hybridized carbons (Fsp3) is 0.368. The Morgan fingerprint density at radius 1 is 1.30 bits per heavy atom. The maximum Gasteiger partial charge on any atom is 0.325 e. The molecule has 0 atom stereocenters. The fourth-order valence-electron chi connectivity index (χ4n) is 3.58. The number of aryl methyl sites for hydroxylation is 2. The Hall–Kier alpha value is -2.92. The number of nitrogens with zero attached hydrogens (tertiary/aromatic N) is 4. The van der Waals surface area contributed by atoms with Gasteiger partial charge in [0.2, 0.25) is 0 Å². The molecule has 0 radical (unpaired) electrons. The summed E-state index contributed by atoms with van der Waals surface area (Å²) in [5, 5.41) is 2.64. The predicted molar refractivity (Wildman–Crippen MR) is 123 cm³/mol. The minimum Gasteiger partial charge on any atom is -0.497 e. The number of hydrogen-bond acceptors (Lipinski definition) is 7. The number of carbonyl (C=O) groups is 1. The standard InChI is InChI=1S/C19H25ClN7O5P/c1-3-26-13-9-11(32-2)5-6-12(13)27(7-4-8-33(29,30)31)14(26)10-23-19(28)15-17(21)25-18(22)16(20)24-15/h5-6,9H,3-4,7-8,10H2,1-2H3,(H6-,21,22,23,25,28,29,30,31)/p+1. The summed E-state index contributed by atoms with van der Waals surface area (Å²) in [4.78, 5) is 39.0.